The first-order chi connectivity index (χ1) is 9.01. The van der Waals surface area contributed by atoms with Crippen LogP contribution in [0.2, 0.25) is 0 Å². The van der Waals surface area contributed by atoms with Gasteiger partial charge in [0.25, 0.3) is 5.91 Å². The first kappa shape index (κ1) is 13.6. The SMILES string of the molecule is C#Cc1cc(C(=O)NC2CN(C(C)C)CC2C)no1. The van der Waals surface area contributed by atoms with E-state index in [1.807, 2.05) is 0 Å². The molecule has 0 spiro atoms. The van der Waals surface area contributed by atoms with E-state index in [1.54, 1.807) is 0 Å². The summed E-state index contributed by atoms with van der Waals surface area (Å²) < 4.78 is 4.83. The number of likely N-dealkylation sites (tertiary alicyclic amines) is 1. The Morgan fingerprint density at radius 1 is 1.63 bits per heavy atom. The summed E-state index contributed by atoms with van der Waals surface area (Å²) in [6.45, 7) is 8.33. The minimum Gasteiger partial charge on any atom is -0.347 e. The maximum atomic E-state index is 12.0. The number of carbonyl (C=O) groups excluding carboxylic acids is 1. The summed E-state index contributed by atoms with van der Waals surface area (Å²) in [5.41, 5.74) is 0.239. The van der Waals surface area contributed by atoms with Crippen molar-refractivity contribution < 1.29 is 9.32 Å². The Hall–Kier alpha value is -1.80. The van der Waals surface area contributed by atoms with Gasteiger partial charge in [0.2, 0.25) is 5.76 Å². The molecule has 1 fully saturated rings. The van der Waals surface area contributed by atoms with Crippen molar-refractivity contribution in [3.8, 4) is 12.3 Å². The second-order valence-electron chi connectivity index (χ2n) is 5.33. The van der Waals surface area contributed by atoms with Crippen LogP contribution in [0.15, 0.2) is 10.6 Å². The van der Waals surface area contributed by atoms with Crippen LogP contribution in [0.4, 0.5) is 0 Å². The van der Waals surface area contributed by atoms with Crippen LogP contribution in [0.5, 0.6) is 0 Å². The molecule has 5 nitrogen and oxygen atoms in total. The van der Waals surface area contributed by atoms with Crippen LogP contribution >= 0.6 is 0 Å². The maximum absolute atomic E-state index is 12.0. The number of terminal acetylenes is 1. The minimum absolute atomic E-state index is 0.140. The van der Waals surface area contributed by atoms with Crippen LogP contribution in [-0.2, 0) is 0 Å². The van der Waals surface area contributed by atoms with Crippen LogP contribution in [0.3, 0.4) is 0 Å². The summed E-state index contributed by atoms with van der Waals surface area (Å²) in [4.78, 5) is 14.4. The average molecular weight is 261 g/mol. The van der Waals surface area contributed by atoms with Crippen molar-refractivity contribution in [3.05, 3.63) is 17.5 Å². The molecule has 1 saturated heterocycles. The van der Waals surface area contributed by atoms with Crippen LogP contribution in [0.25, 0.3) is 0 Å². The highest BCUT2D eigenvalue weighted by atomic mass is 16.5. The van der Waals surface area contributed by atoms with Gasteiger partial charge >= 0.3 is 0 Å². The predicted molar refractivity (Wildman–Crippen MR) is 71.6 cm³/mol. The van der Waals surface area contributed by atoms with E-state index in [9.17, 15) is 4.79 Å². The van der Waals surface area contributed by atoms with E-state index in [4.69, 9.17) is 10.9 Å². The van der Waals surface area contributed by atoms with Crippen LogP contribution < -0.4 is 5.32 Å². The maximum Gasteiger partial charge on any atom is 0.273 e. The lowest BCUT2D eigenvalue weighted by molar-refractivity contribution is 0.0921. The summed E-state index contributed by atoms with van der Waals surface area (Å²) >= 11 is 0. The largest absolute Gasteiger partial charge is 0.347 e. The molecule has 2 rings (SSSR count). The van der Waals surface area contributed by atoms with E-state index < -0.39 is 0 Å². The summed E-state index contributed by atoms with van der Waals surface area (Å²) in [7, 11) is 0. The molecule has 1 aliphatic heterocycles. The predicted octanol–water partition coefficient (Wildman–Crippen LogP) is 1.11. The van der Waals surface area contributed by atoms with Gasteiger partial charge in [0.1, 0.15) is 0 Å². The quantitative estimate of drug-likeness (QED) is 0.828. The summed E-state index contributed by atoms with van der Waals surface area (Å²) in [5.74, 6) is 2.77. The Labute approximate surface area is 113 Å². The second-order valence-corrected chi connectivity index (χ2v) is 5.33. The molecule has 1 aromatic rings. The van der Waals surface area contributed by atoms with Crippen LogP contribution in [-0.4, -0.2) is 41.1 Å². The topological polar surface area (TPSA) is 58.4 Å². The molecule has 0 bridgehead atoms. The number of hydrogen-bond acceptors (Lipinski definition) is 4. The molecule has 2 atom stereocenters. The number of nitrogens with zero attached hydrogens (tertiary/aromatic N) is 2. The van der Waals surface area contributed by atoms with Gasteiger partial charge in [-0.3, -0.25) is 9.69 Å². The van der Waals surface area contributed by atoms with E-state index in [1.165, 1.54) is 6.07 Å². The van der Waals surface area contributed by atoms with Gasteiger partial charge in [-0.25, -0.2) is 0 Å². The number of hydrogen-bond donors (Lipinski definition) is 1. The van der Waals surface area contributed by atoms with Crippen molar-refractivity contribution in [2.75, 3.05) is 13.1 Å². The molecule has 102 valence electrons. The van der Waals surface area contributed by atoms with E-state index >= 15 is 0 Å². The van der Waals surface area contributed by atoms with Crippen molar-refractivity contribution >= 4 is 5.91 Å². The van der Waals surface area contributed by atoms with Crippen LogP contribution in [0.1, 0.15) is 37.0 Å². The molecule has 19 heavy (non-hydrogen) atoms. The first-order valence-corrected chi connectivity index (χ1v) is 6.49. The fourth-order valence-corrected chi connectivity index (χ4v) is 2.31. The fraction of sp³-hybridized carbons (Fsp3) is 0.571. The minimum atomic E-state index is -0.229. The average Bonchev–Trinajstić information content (AvgIpc) is 2.97. The zero-order chi connectivity index (χ0) is 14.0. The Balaban J connectivity index is 1.98. The first-order valence-electron chi connectivity index (χ1n) is 6.49. The molecular formula is C14H19N3O2. The molecule has 0 aromatic carbocycles. The molecule has 1 aromatic heterocycles. The van der Waals surface area contributed by atoms with Gasteiger partial charge in [0.15, 0.2) is 5.69 Å². The van der Waals surface area contributed by atoms with Gasteiger partial charge < -0.3 is 9.84 Å². The lowest BCUT2D eigenvalue weighted by Gasteiger charge is -2.20. The standard InChI is InChI=1S/C14H19N3O2/c1-5-11-6-12(16-19-11)14(18)15-13-8-17(9(2)3)7-10(13)4/h1,6,9-10,13H,7-8H2,2-4H3,(H,15,18). The van der Waals surface area contributed by atoms with E-state index in [2.05, 4.69) is 42.1 Å². The lowest BCUT2D eigenvalue weighted by Crippen LogP contribution is -2.40. The summed E-state index contributed by atoms with van der Waals surface area (Å²) in [6.07, 6.45) is 5.18. The van der Waals surface area contributed by atoms with Crippen molar-refractivity contribution in [2.24, 2.45) is 5.92 Å². The smallest absolute Gasteiger partial charge is 0.273 e. The third kappa shape index (κ3) is 2.96. The van der Waals surface area contributed by atoms with E-state index in [-0.39, 0.29) is 23.4 Å². The van der Waals surface area contributed by atoms with Crippen molar-refractivity contribution in [2.45, 2.75) is 32.9 Å². The Kier molecular flexibility index (Phi) is 3.91. The van der Waals surface area contributed by atoms with Gasteiger partial charge in [-0.15, -0.1) is 6.42 Å². The fourth-order valence-electron chi connectivity index (χ4n) is 2.31. The summed E-state index contributed by atoms with van der Waals surface area (Å²) in [5, 5.41) is 6.66. The van der Waals surface area contributed by atoms with E-state index in [0.29, 0.717) is 12.0 Å². The highest BCUT2D eigenvalue weighted by Crippen LogP contribution is 2.19. The molecule has 2 heterocycles. The molecule has 5 heteroatoms. The number of nitrogens with one attached hydrogen (secondary N) is 1. The molecule has 2 unspecified atom stereocenters. The van der Waals surface area contributed by atoms with Crippen molar-refractivity contribution in [1.29, 1.82) is 0 Å². The highest BCUT2D eigenvalue weighted by molar-refractivity contribution is 5.92. The number of amides is 1. The van der Waals surface area contributed by atoms with Crippen molar-refractivity contribution in [3.63, 3.8) is 0 Å². The Morgan fingerprint density at radius 3 is 2.89 bits per heavy atom. The van der Waals surface area contributed by atoms with Gasteiger partial charge in [-0.2, -0.15) is 0 Å². The van der Waals surface area contributed by atoms with E-state index in [0.717, 1.165) is 13.1 Å². The molecule has 0 saturated carbocycles. The zero-order valence-electron chi connectivity index (χ0n) is 11.5. The third-order valence-corrected chi connectivity index (χ3v) is 3.57. The number of rotatable bonds is 3. The Bertz CT molecular complexity index is 501. The third-order valence-electron chi connectivity index (χ3n) is 3.57. The van der Waals surface area contributed by atoms with Gasteiger partial charge in [-0.05, 0) is 25.7 Å². The summed E-state index contributed by atoms with van der Waals surface area (Å²) in [6, 6.07) is 2.11. The molecule has 1 N–H and O–H groups in total. The van der Waals surface area contributed by atoms with Gasteiger partial charge in [0, 0.05) is 31.2 Å². The second kappa shape index (κ2) is 5.45. The molecule has 1 amide bonds. The molecular weight excluding hydrogens is 242 g/mol. The van der Waals surface area contributed by atoms with Gasteiger partial charge in [-0.1, -0.05) is 12.1 Å². The normalized spacial score (nSPS) is 23.5. The highest BCUT2D eigenvalue weighted by Gasteiger charge is 2.32. The number of aromatic nitrogens is 1. The van der Waals surface area contributed by atoms with Gasteiger partial charge in [0.05, 0.1) is 0 Å². The zero-order valence-corrected chi connectivity index (χ0v) is 11.5. The lowest BCUT2D eigenvalue weighted by atomic mass is 10.1. The molecule has 1 aliphatic rings. The molecule has 0 aliphatic carbocycles. The Morgan fingerprint density at radius 2 is 2.37 bits per heavy atom. The van der Waals surface area contributed by atoms with Crippen molar-refractivity contribution in [1.82, 2.24) is 15.4 Å². The van der Waals surface area contributed by atoms with Crippen LogP contribution in [0, 0.1) is 18.3 Å². The number of carbonyl (C=O) groups is 1. The molecule has 0 radical (unpaired) electrons. The monoisotopic (exact) mass is 261 g/mol.